The van der Waals surface area contributed by atoms with Crippen molar-refractivity contribution in [2.75, 3.05) is 20.1 Å². The maximum absolute atomic E-state index is 12.4. The van der Waals surface area contributed by atoms with E-state index in [9.17, 15) is 4.79 Å². The number of carbonyl (C=O) groups is 1. The van der Waals surface area contributed by atoms with Crippen LogP contribution in [0, 0.1) is 11.8 Å². The van der Waals surface area contributed by atoms with Gasteiger partial charge in [-0.2, -0.15) is 0 Å². The fourth-order valence-electron chi connectivity index (χ4n) is 3.18. The van der Waals surface area contributed by atoms with Gasteiger partial charge in [0, 0.05) is 25.0 Å². The second kappa shape index (κ2) is 8.40. The van der Waals surface area contributed by atoms with Gasteiger partial charge in [-0.25, -0.2) is 0 Å². The van der Waals surface area contributed by atoms with Crippen LogP contribution in [-0.2, 0) is 11.2 Å². The quantitative estimate of drug-likeness (QED) is 0.907. The summed E-state index contributed by atoms with van der Waals surface area (Å²) in [6.07, 6.45) is 2.19. The van der Waals surface area contributed by atoms with Gasteiger partial charge in [-0.1, -0.05) is 37.3 Å². The largest absolute Gasteiger partial charge is 0.339 e. The van der Waals surface area contributed by atoms with E-state index in [1.165, 1.54) is 5.56 Å². The first-order chi connectivity index (χ1) is 9.63. The smallest absolute Gasteiger partial charge is 0.226 e. The Morgan fingerprint density at radius 1 is 1.38 bits per heavy atom. The van der Waals surface area contributed by atoms with Crippen molar-refractivity contribution < 1.29 is 4.79 Å². The minimum Gasteiger partial charge on any atom is -0.339 e. The van der Waals surface area contributed by atoms with Gasteiger partial charge in [-0.15, -0.1) is 12.4 Å². The zero-order valence-electron chi connectivity index (χ0n) is 13.2. The lowest BCUT2D eigenvalue weighted by atomic mass is 9.93. The Bertz CT molecular complexity index is 438. The highest BCUT2D eigenvalue weighted by molar-refractivity contribution is 5.85. The van der Waals surface area contributed by atoms with Crippen LogP contribution in [0.15, 0.2) is 30.3 Å². The van der Waals surface area contributed by atoms with Crippen molar-refractivity contribution in [2.24, 2.45) is 11.8 Å². The molecule has 1 amide bonds. The fraction of sp³-hybridized carbons (Fsp3) is 0.588. The molecule has 1 fully saturated rings. The van der Waals surface area contributed by atoms with E-state index in [4.69, 9.17) is 0 Å². The molecule has 0 spiro atoms. The molecule has 4 heteroatoms. The van der Waals surface area contributed by atoms with E-state index in [1.807, 2.05) is 14.0 Å². The summed E-state index contributed by atoms with van der Waals surface area (Å²) in [5, 5.41) is 3.09. The van der Waals surface area contributed by atoms with Crippen molar-refractivity contribution in [3.8, 4) is 0 Å². The SMILES string of the molecule is CNCC(C)C(=O)N1CCC(Cc2ccccc2)C1C.Cl. The molecule has 21 heavy (non-hydrogen) atoms. The van der Waals surface area contributed by atoms with Crippen LogP contribution in [0.3, 0.4) is 0 Å². The Kier molecular flexibility index (Phi) is 7.20. The zero-order valence-corrected chi connectivity index (χ0v) is 14.0. The van der Waals surface area contributed by atoms with Crippen molar-refractivity contribution in [1.82, 2.24) is 10.2 Å². The number of hydrogen-bond donors (Lipinski definition) is 1. The molecule has 0 bridgehead atoms. The average molecular weight is 311 g/mol. The van der Waals surface area contributed by atoms with E-state index in [0.29, 0.717) is 17.9 Å². The number of nitrogens with zero attached hydrogens (tertiary/aromatic N) is 1. The predicted molar refractivity (Wildman–Crippen MR) is 89.8 cm³/mol. The Morgan fingerprint density at radius 3 is 2.67 bits per heavy atom. The van der Waals surface area contributed by atoms with Crippen LogP contribution in [0.5, 0.6) is 0 Å². The zero-order chi connectivity index (χ0) is 14.5. The van der Waals surface area contributed by atoms with Crippen molar-refractivity contribution in [3.63, 3.8) is 0 Å². The number of benzene rings is 1. The average Bonchev–Trinajstić information content (AvgIpc) is 2.81. The fourth-order valence-corrected chi connectivity index (χ4v) is 3.18. The monoisotopic (exact) mass is 310 g/mol. The van der Waals surface area contributed by atoms with Crippen LogP contribution < -0.4 is 5.32 Å². The van der Waals surface area contributed by atoms with E-state index in [1.54, 1.807) is 0 Å². The lowest BCUT2D eigenvalue weighted by Crippen LogP contribution is -2.41. The molecule has 0 aliphatic carbocycles. The number of amides is 1. The van der Waals surface area contributed by atoms with Crippen LogP contribution in [0.4, 0.5) is 0 Å². The molecule has 118 valence electrons. The molecule has 1 aromatic rings. The van der Waals surface area contributed by atoms with Crippen LogP contribution in [-0.4, -0.2) is 37.0 Å². The molecule has 2 rings (SSSR count). The molecule has 1 saturated heterocycles. The van der Waals surface area contributed by atoms with Crippen molar-refractivity contribution in [3.05, 3.63) is 35.9 Å². The lowest BCUT2D eigenvalue weighted by Gasteiger charge is -2.27. The molecule has 1 aliphatic heterocycles. The molecule has 3 atom stereocenters. The molecule has 1 aromatic carbocycles. The topological polar surface area (TPSA) is 32.3 Å². The number of hydrogen-bond acceptors (Lipinski definition) is 2. The molecule has 0 radical (unpaired) electrons. The highest BCUT2D eigenvalue weighted by atomic mass is 35.5. The number of rotatable bonds is 5. The summed E-state index contributed by atoms with van der Waals surface area (Å²) in [6, 6.07) is 10.9. The summed E-state index contributed by atoms with van der Waals surface area (Å²) in [5.74, 6) is 0.948. The molecule has 1 aliphatic rings. The molecular weight excluding hydrogens is 284 g/mol. The number of nitrogens with one attached hydrogen (secondary N) is 1. The lowest BCUT2D eigenvalue weighted by molar-refractivity contribution is -0.135. The molecule has 1 N–H and O–H groups in total. The Labute approximate surface area is 134 Å². The third-order valence-corrected chi connectivity index (χ3v) is 4.47. The maximum atomic E-state index is 12.4. The highest BCUT2D eigenvalue weighted by Gasteiger charge is 2.35. The number of likely N-dealkylation sites (tertiary alicyclic amines) is 1. The molecule has 3 nitrogen and oxygen atoms in total. The summed E-state index contributed by atoms with van der Waals surface area (Å²) >= 11 is 0. The maximum Gasteiger partial charge on any atom is 0.226 e. The van der Waals surface area contributed by atoms with Crippen LogP contribution >= 0.6 is 12.4 Å². The van der Waals surface area contributed by atoms with E-state index in [0.717, 1.165) is 25.9 Å². The molecule has 0 saturated carbocycles. The molecular formula is C17H27ClN2O. The molecule has 1 heterocycles. The third-order valence-electron chi connectivity index (χ3n) is 4.47. The molecule has 3 unspecified atom stereocenters. The normalized spacial score (nSPS) is 22.7. The number of carbonyl (C=O) groups excluding carboxylic acids is 1. The summed E-state index contributed by atoms with van der Waals surface area (Å²) in [4.78, 5) is 14.5. The minimum atomic E-state index is 0. The first-order valence-corrected chi connectivity index (χ1v) is 7.62. The van der Waals surface area contributed by atoms with Crippen LogP contribution in [0.1, 0.15) is 25.8 Å². The van der Waals surface area contributed by atoms with Crippen molar-refractivity contribution in [2.45, 2.75) is 32.7 Å². The summed E-state index contributed by atoms with van der Waals surface area (Å²) in [7, 11) is 1.90. The van der Waals surface area contributed by atoms with Crippen molar-refractivity contribution >= 4 is 18.3 Å². The van der Waals surface area contributed by atoms with Gasteiger partial charge in [0.2, 0.25) is 5.91 Å². The Hall–Kier alpha value is -1.06. The third kappa shape index (κ3) is 4.45. The molecule has 0 aromatic heterocycles. The van der Waals surface area contributed by atoms with Crippen LogP contribution in [0.25, 0.3) is 0 Å². The predicted octanol–water partition coefficient (Wildman–Crippen LogP) is 2.74. The van der Waals surface area contributed by atoms with Gasteiger partial charge in [-0.3, -0.25) is 4.79 Å². The van der Waals surface area contributed by atoms with Gasteiger partial charge in [0.05, 0.1) is 0 Å². The minimum absolute atomic E-state index is 0. The van der Waals surface area contributed by atoms with Crippen molar-refractivity contribution in [1.29, 1.82) is 0 Å². The van der Waals surface area contributed by atoms with Gasteiger partial charge in [0.1, 0.15) is 0 Å². The second-order valence-corrected chi connectivity index (χ2v) is 5.97. The van der Waals surface area contributed by atoms with Gasteiger partial charge in [0.15, 0.2) is 0 Å². The first-order valence-electron chi connectivity index (χ1n) is 7.62. The van der Waals surface area contributed by atoms with E-state index in [-0.39, 0.29) is 18.3 Å². The standard InChI is InChI=1S/C17H26N2O.ClH/c1-13(12-18-3)17(20)19-10-9-16(14(19)2)11-15-7-5-4-6-8-15;/h4-8,13-14,16,18H,9-12H2,1-3H3;1H. The van der Waals surface area contributed by atoms with Gasteiger partial charge < -0.3 is 10.2 Å². The van der Waals surface area contributed by atoms with Crippen LogP contribution in [0.2, 0.25) is 0 Å². The summed E-state index contributed by atoms with van der Waals surface area (Å²) in [6.45, 7) is 5.87. The highest BCUT2D eigenvalue weighted by Crippen LogP contribution is 2.28. The van der Waals surface area contributed by atoms with E-state index in [2.05, 4.69) is 47.5 Å². The number of halogens is 1. The van der Waals surface area contributed by atoms with Gasteiger partial charge in [-0.05, 0) is 38.3 Å². The summed E-state index contributed by atoms with van der Waals surface area (Å²) in [5.41, 5.74) is 1.38. The second-order valence-electron chi connectivity index (χ2n) is 5.97. The first kappa shape index (κ1) is 18.0. The van der Waals surface area contributed by atoms with E-state index >= 15 is 0 Å². The van der Waals surface area contributed by atoms with Gasteiger partial charge in [0.25, 0.3) is 0 Å². The Morgan fingerprint density at radius 2 is 2.05 bits per heavy atom. The Balaban J connectivity index is 0.00000220. The van der Waals surface area contributed by atoms with Gasteiger partial charge >= 0.3 is 0 Å². The van der Waals surface area contributed by atoms with E-state index < -0.39 is 0 Å². The summed E-state index contributed by atoms with van der Waals surface area (Å²) < 4.78 is 0.